The van der Waals surface area contributed by atoms with Gasteiger partial charge in [0.25, 0.3) is 5.69 Å². The molecule has 6 heteroatoms. The van der Waals surface area contributed by atoms with E-state index in [0.717, 1.165) is 0 Å². The van der Waals surface area contributed by atoms with Crippen molar-refractivity contribution in [1.29, 1.82) is 0 Å². The lowest BCUT2D eigenvalue weighted by molar-refractivity contribution is -0.384. The number of allylic oxidation sites excluding steroid dienone is 1. The Morgan fingerprint density at radius 2 is 1.74 bits per heavy atom. The highest BCUT2D eigenvalue weighted by molar-refractivity contribution is 6.24. The van der Waals surface area contributed by atoms with Crippen LogP contribution in [0.5, 0.6) is 5.75 Å². The minimum absolute atomic E-state index is 0.104. The molecule has 1 aliphatic carbocycles. The lowest BCUT2D eigenvalue weighted by Crippen LogP contribution is -2.20. The normalized spacial score (nSPS) is 13.3. The van der Waals surface area contributed by atoms with E-state index in [4.69, 9.17) is 4.74 Å². The molecule has 0 amide bonds. The van der Waals surface area contributed by atoms with Gasteiger partial charge in [-0.1, -0.05) is 30.3 Å². The summed E-state index contributed by atoms with van der Waals surface area (Å²) in [6.07, 6.45) is 1.25. The van der Waals surface area contributed by atoms with Crippen LogP contribution < -0.4 is 4.74 Å². The van der Waals surface area contributed by atoms with Gasteiger partial charge in [-0.2, -0.15) is 0 Å². The summed E-state index contributed by atoms with van der Waals surface area (Å²) in [5.74, 6) is -0.261. The summed E-state index contributed by atoms with van der Waals surface area (Å²) < 4.78 is 5.42. The van der Waals surface area contributed by atoms with E-state index in [1.165, 1.54) is 24.3 Å². The molecule has 0 spiro atoms. The van der Waals surface area contributed by atoms with Gasteiger partial charge in [0.1, 0.15) is 12.4 Å². The Labute approximate surface area is 131 Å². The van der Waals surface area contributed by atoms with E-state index in [2.05, 4.69) is 0 Å². The second-order valence-corrected chi connectivity index (χ2v) is 4.95. The summed E-state index contributed by atoms with van der Waals surface area (Å²) in [5, 5.41) is 10.7. The standard InChI is InChI=1S/C17H11NO5/c19-16-8-11(17(20)15-7-2-1-6-14(15)16)10-23-13-5-3-4-12(9-13)18(21)22/h1-9H,10H2. The van der Waals surface area contributed by atoms with E-state index in [1.807, 2.05) is 0 Å². The molecule has 0 aliphatic heterocycles. The molecule has 3 rings (SSSR count). The maximum absolute atomic E-state index is 12.3. The zero-order valence-electron chi connectivity index (χ0n) is 11.9. The topological polar surface area (TPSA) is 86.5 Å². The Kier molecular flexibility index (Phi) is 3.72. The molecule has 0 atom stereocenters. The van der Waals surface area contributed by atoms with Gasteiger partial charge in [-0.05, 0) is 12.1 Å². The van der Waals surface area contributed by atoms with Gasteiger partial charge in [0.2, 0.25) is 0 Å². The van der Waals surface area contributed by atoms with Crippen molar-refractivity contribution in [3.63, 3.8) is 0 Å². The lowest BCUT2D eigenvalue weighted by atomic mass is 9.90. The van der Waals surface area contributed by atoms with Crippen LogP contribution in [0.15, 0.2) is 60.2 Å². The molecule has 23 heavy (non-hydrogen) atoms. The molecule has 0 radical (unpaired) electrons. The van der Waals surface area contributed by atoms with Crippen molar-refractivity contribution in [3.05, 3.63) is 81.4 Å². The summed E-state index contributed by atoms with van der Waals surface area (Å²) in [5.41, 5.74) is 0.835. The van der Waals surface area contributed by atoms with Gasteiger partial charge >= 0.3 is 0 Å². The van der Waals surface area contributed by atoms with E-state index in [0.29, 0.717) is 11.1 Å². The molecule has 0 unspecified atom stereocenters. The van der Waals surface area contributed by atoms with E-state index in [1.54, 1.807) is 30.3 Å². The van der Waals surface area contributed by atoms with Crippen molar-refractivity contribution in [2.75, 3.05) is 6.61 Å². The number of ether oxygens (including phenoxy) is 1. The number of benzene rings is 2. The average Bonchev–Trinajstić information content (AvgIpc) is 2.57. The van der Waals surface area contributed by atoms with Crippen molar-refractivity contribution >= 4 is 17.3 Å². The average molecular weight is 309 g/mol. The van der Waals surface area contributed by atoms with E-state index >= 15 is 0 Å². The van der Waals surface area contributed by atoms with Crippen LogP contribution in [0.2, 0.25) is 0 Å². The fourth-order valence-corrected chi connectivity index (χ4v) is 2.33. The predicted molar refractivity (Wildman–Crippen MR) is 81.8 cm³/mol. The smallest absolute Gasteiger partial charge is 0.273 e. The van der Waals surface area contributed by atoms with Gasteiger partial charge in [-0.15, -0.1) is 0 Å². The first-order valence-corrected chi connectivity index (χ1v) is 6.82. The molecule has 114 valence electrons. The third-order valence-corrected chi connectivity index (χ3v) is 3.46. The molecule has 0 N–H and O–H groups in total. The van der Waals surface area contributed by atoms with Gasteiger partial charge in [0.05, 0.1) is 11.0 Å². The summed E-state index contributed by atoms with van der Waals surface area (Å²) >= 11 is 0. The van der Waals surface area contributed by atoms with Gasteiger partial charge in [0, 0.05) is 22.8 Å². The second-order valence-electron chi connectivity index (χ2n) is 4.95. The van der Waals surface area contributed by atoms with Crippen LogP contribution in [0.4, 0.5) is 5.69 Å². The molecule has 0 aromatic heterocycles. The number of nitro groups is 1. The largest absolute Gasteiger partial charge is 0.488 e. The van der Waals surface area contributed by atoms with Gasteiger partial charge in [0.15, 0.2) is 11.6 Å². The molecular weight excluding hydrogens is 298 g/mol. The Bertz CT molecular complexity index is 854. The van der Waals surface area contributed by atoms with Crippen LogP contribution >= 0.6 is 0 Å². The number of carbonyl (C=O) groups excluding carboxylic acids is 2. The van der Waals surface area contributed by atoms with Crippen LogP contribution in [-0.4, -0.2) is 23.1 Å². The number of hydrogen-bond donors (Lipinski definition) is 0. The van der Waals surface area contributed by atoms with Crippen molar-refractivity contribution < 1.29 is 19.2 Å². The van der Waals surface area contributed by atoms with Crippen molar-refractivity contribution in [2.45, 2.75) is 0 Å². The molecule has 0 heterocycles. The summed E-state index contributed by atoms with van der Waals surface area (Å²) in [4.78, 5) is 34.6. The predicted octanol–water partition coefficient (Wildman–Crippen LogP) is 2.98. The van der Waals surface area contributed by atoms with Crippen LogP contribution in [-0.2, 0) is 0 Å². The Balaban J connectivity index is 1.79. The molecule has 2 aromatic rings. The van der Waals surface area contributed by atoms with E-state index < -0.39 is 4.92 Å². The van der Waals surface area contributed by atoms with E-state index in [-0.39, 0.29) is 35.2 Å². The molecule has 2 aromatic carbocycles. The number of hydrogen-bond acceptors (Lipinski definition) is 5. The number of Topliss-reactive ketones (excluding diaryl/α,β-unsaturated/α-hetero) is 1. The Morgan fingerprint density at radius 3 is 2.48 bits per heavy atom. The maximum atomic E-state index is 12.3. The lowest BCUT2D eigenvalue weighted by Gasteiger charge is -2.15. The first-order chi connectivity index (χ1) is 11.1. The number of nitro benzene ring substituents is 1. The van der Waals surface area contributed by atoms with Crippen LogP contribution in [0.1, 0.15) is 20.7 Å². The third kappa shape index (κ3) is 2.87. The number of carbonyl (C=O) groups is 2. The second kappa shape index (κ2) is 5.84. The highest BCUT2D eigenvalue weighted by Gasteiger charge is 2.25. The summed E-state index contributed by atoms with van der Waals surface area (Å²) in [6, 6.07) is 12.2. The number of ketones is 2. The third-order valence-electron chi connectivity index (χ3n) is 3.46. The molecule has 6 nitrogen and oxygen atoms in total. The summed E-state index contributed by atoms with van der Waals surface area (Å²) in [7, 11) is 0. The minimum Gasteiger partial charge on any atom is -0.488 e. The maximum Gasteiger partial charge on any atom is 0.273 e. The van der Waals surface area contributed by atoms with Crippen LogP contribution in [0.25, 0.3) is 0 Å². The number of fused-ring (bicyclic) bond motifs is 1. The zero-order chi connectivity index (χ0) is 16.4. The van der Waals surface area contributed by atoms with Crippen LogP contribution in [0.3, 0.4) is 0 Å². The van der Waals surface area contributed by atoms with E-state index in [9.17, 15) is 19.7 Å². The van der Waals surface area contributed by atoms with Crippen molar-refractivity contribution in [3.8, 4) is 5.75 Å². The van der Waals surface area contributed by atoms with Gasteiger partial charge in [-0.3, -0.25) is 19.7 Å². The van der Waals surface area contributed by atoms with Crippen molar-refractivity contribution in [2.24, 2.45) is 0 Å². The fourth-order valence-electron chi connectivity index (χ4n) is 2.33. The molecular formula is C17H11NO5. The first kappa shape index (κ1) is 14.6. The Morgan fingerprint density at radius 1 is 1.00 bits per heavy atom. The quantitative estimate of drug-likeness (QED) is 0.640. The SMILES string of the molecule is O=C1C=C(COc2cccc([N+](=O)[O-])c2)C(=O)c2ccccc21. The van der Waals surface area contributed by atoms with Gasteiger partial charge in [-0.25, -0.2) is 0 Å². The first-order valence-electron chi connectivity index (χ1n) is 6.82. The van der Waals surface area contributed by atoms with Gasteiger partial charge < -0.3 is 4.74 Å². The van der Waals surface area contributed by atoms with Crippen LogP contribution in [0, 0.1) is 10.1 Å². The molecule has 0 bridgehead atoms. The minimum atomic E-state index is -0.530. The zero-order valence-corrected chi connectivity index (χ0v) is 11.9. The van der Waals surface area contributed by atoms with Crippen molar-refractivity contribution in [1.82, 2.24) is 0 Å². The monoisotopic (exact) mass is 309 g/mol. The highest BCUT2D eigenvalue weighted by Crippen LogP contribution is 2.23. The molecule has 0 saturated carbocycles. The number of rotatable bonds is 4. The fraction of sp³-hybridized carbons (Fsp3) is 0.0588. The Hall–Kier alpha value is -3.28. The molecule has 1 aliphatic rings. The highest BCUT2D eigenvalue weighted by atomic mass is 16.6. The number of nitrogens with zero attached hydrogens (tertiary/aromatic N) is 1. The number of non-ortho nitro benzene ring substituents is 1. The summed E-state index contributed by atoms with van der Waals surface area (Å²) in [6.45, 7) is -0.125. The molecule has 0 saturated heterocycles. The molecule has 0 fully saturated rings.